The molecule has 1 aliphatic heterocycles. The van der Waals surface area contributed by atoms with E-state index in [1.165, 1.54) is 12.3 Å². The Morgan fingerprint density at radius 2 is 2.08 bits per heavy atom. The minimum Gasteiger partial charge on any atom is -0.503 e. The van der Waals surface area contributed by atoms with Crippen LogP contribution in [0.1, 0.15) is 22.8 Å². The van der Waals surface area contributed by atoms with Crippen molar-refractivity contribution in [3.63, 3.8) is 0 Å². The van der Waals surface area contributed by atoms with E-state index in [9.17, 15) is 9.90 Å². The lowest BCUT2D eigenvalue weighted by molar-refractivity contribution is 0.0954. The molecule has 0 radical (unpaired) electrons. The van der Waals surface area contributed by atoms with Crippen LogP contribution in [0.15, 0.2) is 35.4 Å². The van der Waals surface area contributed by atoms with Crippen LogP contribution in [0.4, 0.5) is 0 Å². The summed E-state index contributed by atoms with van der Waals surface area (Å²) < 4.78 is 16.2. The third kappa shape index (κ3) is 4.00. The Kier molecular flexibility index (Phi) is 5.48. The molecule has 8 heteroatoms. The number of amides is 1. The highest BCUT2D eigenvalue weighted by atomic mass is 35.5. The largest absolute Gasteiger partial charge is 0.503 e. The van der Waals surface area contributed by atoms with E-state index in [2.05, 4.69) is 10.5 Å². The van der Waals surface area contributed by atoms with Crippen molar-refractivity contribution in [2.45, 2.75) is 6.92 Å². The SMILES string of the molecule is CCOc1cc(/C=N/NC(=O)c2ccc3c(c2)OCCO3)cc(Cl)c1O. The van der Waals surface area contributed by atoms with Gasteiger partial charge in [0, 0.05) is 5.56 Å². The molecule has 0 aliphatic carbocycles. The van der Waals surface area contributed by atoms with Gasteiger partial charge < -0.3 is 19.3 Å². The molecule has 136 valence electrons. The maximum atomic E-state index is 12.2. The Morgan fingerprint density at radius 1 is 1.31 bits per heavy atom. The van der Waals surface area contributed by atoms with Crippen molar-refractivity contribution >= 4 is 23.7 Å². The quantitative estimate of drug-likeness (QED) is 0.618. The molecule has 0 fully saturated rings. The fraction of sp³-hybridized carbons (Fsp3) is 0.222. The van der Waals surface area contributed by atoms with Crippen LogP contribution in [0.2, 0.25) is 5.02 Å². The number of nitrogens with zero attached hydrogens (tertiary/aromatic N) is 1. The number of halogens is 1. The highest BCUT2D eigenvalue weighted by Crippen LogP contribution is 2.34. The lowest BCUT2D eigenvalue weighted by atomic mass is 10.2. The first kappa shape index (κ1) is 17.9. The van der Waals surface area contributed by atoms with Gasteiger partial charge in [-0.25, -0.2) is 5.43 Å². The van der Waals surface area contributed by atoms with E-state index >= 15 is 0 Å². The normalized spacial score (nSPS) is 12.8. The molecule has 3 rings (SSSR count). The monoisotopic (exact) mass is 376 g/mol. The van der Waals surface area contributed by atoms with E-state index in [0.29, 0.717) is 42.4 Å². The first-order chi connectivity index (χ1) is 12.6. The van der Waals surface area contributed by atoms with Gasteiger partial charge in [0.1, 0.15) is 13.2 Å². The van der Waals surface area contributed by atoms with Gasteiger partial charge in [0.05, 0.1) is 17.8 Å². The second-order valence-electron chi connectivity index (χ2n) is 5.34. The number of phenols is 1. The Hall–Kier alpha value is -2.93. The summed E-state index contributed by atoms with van der Waals surface area (Å²) in [6.07, 6.45) is 1.41. The van der Waals surface area contributed by atoms with Gasteiger partial charge in [0.15, 0.2) is 23.0 Å². The number of hydrogen-bond acceptors (Lipinski definition) is 6. The number of ether oxygens (including phenoxy) is 3. The number of hydrogen-bond donors (Lipinski definition) is 2. The second-order valence-corrected chi connectivity index (χ2v) is 5.75. The van der Waals surface area contributed by atoms with Gasteiger partial charge in [-0.2, -0.15) is 5.10 Å². The third-order valence-electron chi connectivity index (χ3n) is 3.53. The zero-order valence-corrected chi connectivity index (χ0v) is 14.7. The fourth-order valence-electron chi connectivity index (χ4n) is 2.35. The van der Waals surface area contributed by atoms with Crippen LogP contribution in [0, 0.1) is 0 Å². The van der Waals surface area contributed by atoms with Crippen LogP contribution < -0.4 is 19.6 Å². The number of carbonyl (C=O) groups is 1. The smallest absolute Gasteiger partial charge is 0.271 e. The zero-order valence-electron chi connectivity index (χ0n) is 14.0. The maximum absolute atomic E-state index is 12.2. The second kappa shape index (κ2) is 7.97. The predicted molar refractivity (Wildman–Crippen MR) is 96.8 cm³/mol. The molecule has 7 nitrogen and oxygen atoms in total. The van der Waals surface area contributed by atoms with Crippen molar-refractivity contribution in [1.29, 1.82) is 0 Å². The van der Waals surface area contributed by atoms with Gasteiger partial charge in [0.2, 0.25) is 0 Å². The summed E-state index contributed by atoms with van der Waals surface area (Å²) in [6, 6.07) is 8.00. The van der Waals surface area contributed by atoms with Crippen LogP contribution in [-0.2, 0) is 0 Å². The number of nitrogens with one attached hydrogen (secondary N) is 1. The molecule has 26 heavy (non-hydrogen) atoms. The average Bonchev–Trinajstić information content (AvgIpc) is 2.65. The van der Waals surface area contributed by atoms with Crippen LogP contribution in [0.5, 0.6) is 23.0 Å². The minimum atomic E-state index is -0.395. The van der Waals surface area contributed by atoms with Crippen LogP contribution >= 0.6 is 11.6 Å². The minimum absolute atomic E-state index is 0.133. The first-order valence-corrected chi connectivity index (χ1v) is 8.34. The average molecular weight is 377 g/mol. The zero-order chi connectivity index (χ0) is 18.5. The Bertz CT molecular complexity index is 854. The summed E-state index contributed by atoms with van der Waals surface area (Å²) in [5.74, 6) is 0.858. The molecule has 1 aliphatic rings. The number of hydrazone groups is 1. The topological polar surface area (TPSA) is 89.4 Å². The van der Waals surface area contributed by atoms with E-state index in [-0.39, 0.29) is 16.5 Å². The van der Waals surface area contributed by atoms with E-state index in [0.717, 1.165) is 0 Å². The molecular formula is C18H17ClN2O5. The highest BCUT2D eigenvalue weighted by molar-refractivity contribution is 6.32. The molecule has 0 aromatic heterocycles. The summed E-state index contributed by atoms with van der Waals surface area (Å²) in [4.78, 5) is 12.2. The van der Waals surface area contributed by atoms with Crippen LogP contribution in [-0.4, -0.2) is 37.0 Å². The lowest BCUT2D eigenvalue weighted by Crippen LogP contribution is -2.19. The molecule has 1 amide bonds. The third-order valence-corrected chi connectivity index (χ3v) is 3.82. The van der Waals surface area contributed by atoms with Gasteiger partial charge in [-0.3, -0.25) is 4.79 Å². The number of phenolic OH excluding ortho intramolecular Hbond substituents is 1. The van der Waals surface area contributed by atoms with E-state index in [1.54, 1.807) is 31.2 Å². The van der Waals surface area contributed by atoms with Crippen LogP contribution in [0.3, 0.4) is 0 Å². The van der Waals surface area contributed by atoms with Crippen molar-refractivity contribution in [2.24, 2.45) is 5.10 Å². The summed E-state index contributed by atoms with van der Waals surface area (Å²) in [7, 11) is 0. The molecule has 0 bridgehead atoms. The van der Waals surface area contributed by atoms with Crippen molar-refractivity contribution < 1.29 is 24.1 Å². The molecule has 0 spiro atoms. The summed E-state index contributed by atoms with van der Waals surface area (Å²) in [6.45, 7) is 3.11. The maximum Gasteiger partial charge on any atom is 0.271 e. The van der Waals surface area contributed by atoms with Gasteiger partial charge >= 0.3 is 0 Å². The summed E-state index contributed by atoms with van der Waals surface area (Å²) >= 11 is 5.95. The molecule has 2 aromatic rings. The Morgan fingerprint density at radius 3 is 2.85 bits per heavy atom. The highest BCUT2D eigenvalue weighted by Gasteiger charge is 2.14. The molecule has 2 N–H and O–H groups in total. The standard InChI is InChI=1S/C18H17ClN2O5/c1-2-24-16-8-11(7-13(19)17(16)22)10-20-21-18(23)12-3-4-14-15(9-12)26-6-5-25-14/h3-4,7-10,22H,2,5-6H2,1H3,(H,21,23)/b20-10+. The van der Waals surface area contributed by atoms with Crippen molar-refractivity contribution in [1.82, 2.24) is 5.43 Å². The number of fused-ring (bicyclic) bond motifs is 1. The lowest BCUT2D eigenvalue weighted by Gasteiger charge is -2.18. The van der Waals surface area contributed by atoms with Crippen molar-refractivity contribution in [3.05, 3.63) is 46.5 Å². The van der Waals surface area contributed by atoms with Crippen molar-refractivity contribution in [2.75, 3.05) is 19.8 Å². The van der Waals surface area contributed by atoms with E-state index < -0.39 is 5.91 Å². The molecular weight excluding hydrogens is 360 g/mol. The van der Waals surface area contributed by atoms with Gasteiger partial charge in [0.25, 0.3) is 5.91 Å². The van der Waals surface area contributed by atoms with Crippen LogP contribution in [0.25, 0.3) is 0 Å². The molecule has 2 aromatic carbocycles. The van der Waals surface area contributed by atoms with Gasteiger partial charge in [-0.15, -0.1) is 0 Å². The molecule has 1 heterocycles. The van der Waals surface area contributed by atoms with Gasteiger partial charge in [-0.05, 0) is 42.8 Å². The molecule has 0 unspecified atom stereocenters. The van der Waals surface area contributed by atoms with E-state index in [4.69, 9.17) is 25.8 Å². The number of aromatic hydroxyl groups is 1. The number of benzene rings is 2. The first-order valence-electron chi connectivity index (χ1n) is 7.97. The fourth-order valence-corrected chi connectivity index (χ4v) is 2.57. The van der Waals surface area contributed by atoms with Gasteiger partial charge in [-0.1, -0.05) is 11.6 Å². The summed E-state index contributed by atoms with van der Waals surface area (Å²) in [5.41, 5.74) is 3.39. The van der Waals surface area contributed by atoms with Crippen molar-refractivity contribution in [3.8, 4) is 23.0 Å². The molecule has 0 saturated heterocycles. The predicted octanol–water partition coefficient (Wildman–Crippen LogP) is 2.98. The Balaban J connectivity index is 1.69. The Labute approximate surface area is 155 Å². The number of carbonyl (C=O) groups excluding carboxylic acids is 1. The molecule has 0 saturated carbocycles. The summed E-state index contributed by atoms with van der Waals surface area (Å²) in [5, 5.41) is 13.9. The van der Waals surface area contributed by atoms with E-state index in [1.807, 2.05) is 0 Å². The number of rotatable bonds is 5. The molecule has 0 atom stereocenters.